The molecule has 0 aliphatic heterocycles. The maximum atomic E-state index is 13.5. The molecule has 1 aromatic heterocycles. The van der Waals surface area contributed by atoms with Gasteiger partial charge in [0.25, 0.3) is 11.8 Å². The monoisotopic (exact) mass is 691 g/mol. The van der Waals surface area contributed by atoms with Crippen LogP contribution in [0, 0.1) is 6.92 Å². The lowest BCUT2D eigenvalue weighted by molar-refractivity contribution is 0.0784. The predicted molar refractivity (Wildman–Crippen MR) is 190 cm³/mol. The van der Waals surface area contributed by atoms with Crippen molar-refractivity contribution in [1.82, 2.24) is 25.2 Å². The molecule has 0 bridgehead atoms. The number of aliphatic hydroxyl groups excluding tert-OH is 1. The number of aliphatic hydroxyl groups is 1. The van der Waals surface area contributed by atoms with Crippen molar-refractivity contribution < 1.29 is 23.1 Å². The first-order valence-electron chi connectivity index (χ1n) is 15.8. The Bertz CT molecular complexity index is 1790. The third-order valence-corrected chi connectivity index (χ3v) is 9.42. The van der Waals surface area contributed by atoms with Crippen LogP contribution < -0.4 is 15.4 Å². The highest BCUT2D eigenvalue weighted by Crippen LogP contribution is 2.19. The minimum absolute atomic E-state index is 0.189. The van der Waals surface area contributed by atoms with Gasteiger partial charge in [0.1, 0.15) is 5.01 Å². The van der Waals surface area contributed by atoms with Crippen LogP contribution in [0.2, 0.25) is 0 Å². The summed E-state index contributed by atoms with van der Waals surface area (Å²) in [5.41, 5.74) is 5.46. The molecule has 256 valence electrons. The predicted octanol–water partition coefficient (Wildman–Crippen LogP) is 4.39. The lowest BCUT2D eigenvalue weighted by Crippen LogP contribution is -2.48. The van der Waals surface area contributed by atoms with Crippen LogP contribution in [0.4, 0.5) is 0 Å². The fraction of sp³-hybridized carbons (Fsp3) is 0.361. The van der Waals surface area contributed by atoms with E-state index in [-0.39, 0.29) is 24.9 Å². The van der Waals surface area contributed by atoms with E-state index in [2.05, 4.69) is 40.3 Å². The Balaban J connectivity index is 1.44. The molecule has 4 rings (SSSR count). The molecule has 4 aromatic rings. The first-order chi connectivity index (χ1) is 22.8. The van der Waals surface area contributed by atoms with Gasteiger partial charge in [-0.15, -0.1) is 11.3 Å². The smallest absolute Gasteiger partial charge is 0.253 e. The van der Waals surface area contributed by atoms with Gasteiger partial charge in [-0.1, -0.05) is 68.4 Å². The quantitative estimate of drug-likeness (QED) is 0.137. The van der Waals surface area contributed by atoms with Gasteiger partial charge in [-0.05, 0) is 59.7 Å². The molecule has 4 N–H and O–H groups in total. The number of hydrogen-bond donors (Lipinski definition) is 4. The third kappa shape index (κ3) is 11.3. The standard InChI is InChI=1S/C36H45N5O5S2/c1-24(2)31-15-27(14-28(16-31)20-38-48(5,45)46)19-37-21-33(42)32(17-26-10-7-6-8-11-26)40-35(43)29-12-9-13-30(18-29)36(44)41(4)22-34-39-25(3)23-47-34/h6-16,18,23-24,32-33,37-38,42H,17,19-22H2,1-5H3,(H,40,43)/t32-,33+/m0/s1. The Morgan fingerprint density at radius 1 is 0.938 bits per heavy atom. The minimum Gasteiger partial charge on any atom is -0.390 e. The Labute approximate surface area is 287 Å². The van der Waals surface area contributed by atoms with E-state index in [4.69, 9.17) is 0 Å². The van der Waals surface area contributed by atoms with Gasteiger partial charge in [-0.2, -0.15) is 0 Å². The highest BCUT2D eigenvalue weighted by Gasteiger charge is 2.23. The number of nitrogens with zero attached hydrogens (tertiary/aromatic N) is 2. The van der Waals surface area contributed by atoms with Crippen LogP contribution in [0.3, 0.4) is 0 Å². The Morgan fingerprint density at radius 3 is 2.27 bits per heavy atom. The van der Waals surface area contributed by atoms with E-state index in [0.717, 1.165) is 39.2 Å². The molecule has 12 heteroatoms. The number of thiazole rings is 1. The van der Waals surface area contributed by atoms with Crippen molar-refractivity contribution in [2.24, 2.45) is 0 Å². The molecule has 0 radical (unpaired) electrons. The molecular formula is C36H45N5O5S2. The molecule has 2 amide bonds. The van der Waals surface area contributed by atoms with Crippen molar-refractivity contribution >= 4 is 33.2 Å². The van der Waals surface area contributed by atoms with Gasteiger partial charge in [0.05, 0.1) is 24.9 Å². The van der Waals surface area contributed by atoms with Crippen molar-refractivity contribution in [2.45, 2.75) is 64.9 Å². The number of carbonyl (C=O) groups excluding carboxylic acids is 2. The number of carbonyl (C=O) groups is 2. The summed E-state index contributed by atoms with van der Waals surface area (Å²) in [6.07, 6.45) is 0.592. The highest BCUT2D eigenvalue weighted by molar-refractivity contribution is 7.88. The molecule has 0 unspecified atom stereocenters. The molecule has 1 heterocycles. The Kier molecular flexibility index (Phi) is 13.0. The van der Waals surface area contributed by atoms with Crippen LogP contribution >= 0.6 is 11.3 Å². The fourth-order valence-corrected chi connectivity index (χ4v) is 6.47. The topological polar surface area (TPSA) is 141 Å². The van der Waals surface area contributed by atoms with E-state index in [1.165, 1.54) is 11.3 Å². The molecule has 10 nitrogen and oxygen atoms in total. The second kappa shape index (κ2) is 16.9. The van der Waals surface area contributed by atoms with Crippen molar-refractivity contribution in [2.75, 3.05) is 19.8 Å². The molecule has 0 saturated carbocycles. The maximum absolute atomic E-state index is 13.5. The normalized spacial score (nSPS) is 12.9. The summed E-state index contributed by atoms with van der Waals surface area (Å²) in [7, 11) is -1.63. The van der Waals surface area contributed by atoms with Crippen LogP contribution in [0.15, 0.2) is 78.2 Å². The van der Waals surface area contributed by atoms with Crippen LogP contribution in [-0.2, 0) is 36.1 Å². The number of aromatic nitrogens is 1. The summed E-state index contributed by atoms with van der Waals surface area (Å²) < 4.78 is 25.9. The molecule has 0 saturated heterocycles. The number of benzene rings is 3. The molecule has 48 heavy (non-hydrogen) atoms. The zero-order valence-corrected chi connectivity index (χ0v) is 29.7. The molecule has 0 aliphatic rings. The SMILES string of the molecule is Cc1csc(CN(C)C(=O)c2cccc(C(=O)N[C@@H](Cc3ccccc3)[C@H](O)CNCc3cc(CNS(C)(=O)=O)cc(C(C)C)c3)c2)n1. The Hall–Kier alpha value is -3.94. The van der Waals surface area contributed by atoms with Crippen molar-refractivity contribution in [1.29, 1.82) is 0 Å². The minimum atomic E-state index is -3.34. The average Bonchev–Trinajstić information content (AvgIpc) is 3.47. The lowest BCUT2D eigenvalue weighted by atomic mass is 9.97. The summed E-state index contributed by atoms with van der Waals surface area (Å²) in [6.45, 7) is 7.25. The van der Waals surface area contributed by atoms with Gasteiger partial charge in [-0.3, -0.25) is 9.59 Å². The van der Waals surface area contributed by atoms with Crippen LogP contribution in [-0.4, -0.2) is 67.2 Å². The van der Waals surface area contributed by atoms with Crippen LogP contribution in [0.5, 0.6) is 0 Å². The number of sulfonamides is 1. The largest absolute Gasteiger partial charge is 0.390 e. The van der Waals surface area contributed by atoms with E-state index < -0.39 is 28.1 Å². The van der Waals surface area contributed by atoms with E-state index >= 15 is 0 Å². The van der Waals surface area contributed by atoms with Gasteiger partial charge in [-0.25, -0.2) is 18.1 Å². The van der Waals surface area contributed by atoms with Gasteiger partial charge >= 0.3 is 0 Å². The fourth-order valence-electron chi connectivity index (χ4n) is 5.22. The lowest BCUT2D eigenvalue weighted by Gasteiger charge is -2.25. The number of nitrogens with one attached hydrogen (secondary N) is 3. The van der Waals surface area contributed by atoms with E-state index in [1.54, 1.807) is 36.2 Å². The van der Waals surface area contributed by atoms with E-state index in [0.29, 0.717) is 30.6 Å². The first kappa shape index (κ1) is 36.9. The number of aryl methyl sites for hydroxylation is 1. The van der Waals surface area contributed by atoms with E-state index in [1.807, 2.05) is 54.8 Å². The summed E-state index contributed by atoms with van der Waals surface area (Å²) >= 11 is 1.50. The van der Waals surface area contributed by atoms with Crippen LogP contribution in [0.25, 0.3) is 0 Å². The number of rotatable bonds is 16. The first-order valence-corrected chi connectivity index (χ1v) is 18.6. The second-order valence-electron chi connectivity index (χ2n) is 12.4. The van der Waals surface area contributed by atoms with Gasteiger partial charge < -0.3 is 20.6 Å². The summed E-state index contributed by atoms with van der Waals surface area (Å²) in [5, 5.41) is 20.4. The summed E-state index contributed by atoms with van der Waals surface area (Å²) in [4.78, 5) is 32.7. The number of hydrogen-bond acceptors (Lipinski definition) is 8. The molecule has 2 atom stereocenters. The zero-order chi connectivity index (χ0) is 34.8. The molecule has 0 aliphatic carbocycles. The van der Waals surface area contributed by atoms with Crippen molar-refractivity contribution in [3.05, 3.63) is 122 Å². The van der Waals surface area contributed by atoms with Crippen LogP contribution in [0.1, 0.15) is 73.4 Å². The average molecular weight is 692 g/mol. The van der Waals surface area contributed by atoms with Gasteiger partial charge in [0.2, 0.25) is 10.0 Å². The Morgan fingerprint density at radius 2 is 1.62 bits per heavy atom. The number of amides is 2. The van der Waals surface area contributed by atoms with E-state index in [9.17, 15) is 23.1 Å². The second-order valence-corrected chi connectivity index (χ2v) is 15.2. The highest BCUT2D eigenvalue weighted by atomic mass is 32.2. The van der Waals surface area contributed by atoms with Crippen molar-refractivity contribution in [3.63, 3.8) is 0 Å². The molecule has 3 aromatic carbocycles. The molecule has 0 fully saturated rings. The molecule has 0 spiro atoms. The maximum Gasteiger partial charge on any atom is 0.253 e. The molecular weight excluding hydrogens is 647 g/mol. The zero-order valence-electron chi connectivity index (χ0n) is 28.1. The third-order valence-electron chi connectivity index (χ3n) is 7.80. The van der Waals surface area contributed by atoms with Crippen molar-refractivity contribution in [3.8, 4) is 0 Å². The summed E-state index contributed by atoms with van der Waals surface area (Å²) in [5.74, 6) is -0.371. The summed E-state index contributed by atoms with van der Waals surface area (Å²) in [6, 6.07) is 21.6. The van der Waals surface area contributed by atoms with Gasteiger partial charge in [0, 0.05) is 48.9 Å². The van der Waals surface area contributed by atoms with Gasteiger partial charge in [0.15, 0.2) is 0 Å².